The number of hydrogen-bond acceptors (Lipinski definition) is 6. The molecule has 2 aliphatic heterocycles. The summed E-state index contributed by atoms with van der Waals surface area (Å²) in [5.41, 5.74) is 0. The number of ether oxygens (including phenoxy) is 2. The van der Waals surface area contributed by atoms with Gasteiger partial charge >= 0.3 is 0 Å². The Labute approximate surface area is 110 Å². The van der Waals surface area contributed by atoms with Crippen LogP contribution in [0.1, 0.15) is 0 Å². The van der Waals surface area contributed by atoms with Gasteiger partial charge in [-0.15, -0.1) is 0 Å². The summed E-state index contributed by atoms with van der Waals surface area (Å²) in [5.74, 6) is 0. The fourth-order valence-electron chi connectivity index (χ4n) is 1.50. The van der Waals surface area contributed by atoms with Crippen molar-refractivity contribution in [3.05, 3.63) is 0 Å². The first-order valence-electron chi connectivity index (χ1n) is 5.40. The molecule has 0 bridgehead atoms. The Bertz CT molecular complexity index is 231. The molecule has 0 atom stereocenters. The predicted octanol–water partition coefficient (Wildman–Crippen LogP) is 1.23. The minimum absolute atomic E-state index is 0.795. The monoisotopic (exact) mass is 280 g/mol. The summed E-state index contributed by atoms with van der Waals surface area (Å²) in [6.07, 6.45) is 0. The fourth-order valence-corrected chi connectivity index (χ4v) is 3.99. The van der Waals surface area contributed by atoms with E-state index in [-0.39, 0.29) is 0 Å². The Kier molecular flexibility index (Phi) is 5.67. The molecule has 2 fully saturated rings. The Morgan fingerprint density at radius 3 is 2.12 bits per heavy atom. The van der Waals surface area contributed by atoms with Crippen LogP contribution in [0, 0.1) is 0 Å². The molecule has 0 saturated carbocycles. The van der Waals surface area contributed by atoms with Gasteiger partial charge in [-0.3, -0.25) is 0 Å². The van der Waals surface area contributed by atoms with E-state index in [0.717, 1.165) is 56.9 Å². The van der Waals surface area contributed by atoms with Gasteiger partial charge in [0.2, 0.25) is 0 Å². The third-order valence-corrected chi connectivity index (χ3v) is 5.66. The summed E-state index contributed by atoms with van der Waals surface area (Å²) in [6.45, 7) is 7.08. The Morgan fingerprint density at radius 1 is 0.938 bits per heavy atom. The molecule has 0 aliphatic carbocycles. The molecule has 2 aliphatic rings. The van der Waals surface area contributed by atoms with Crippen LogP contribution < -0.4 is 0 Å². The summed E-state index contributed by atoms with van der Waals surface area (Å²) in [6, 6.07) is 0. The fraction of sp³-hybridized carbons (Fsp3) is 0.889. The highest BCUT2D eigenvalue weighted by molar-refractivity contribution is 8.82. The largest absolute Gasteiger partial charge is 0.379 e. The van der Waals surface area contributed by atoms with Crippen LogP contribution in [0.4, 0.5) is 0 Å². The van der Waals surface area contributed by atoms with Crippen molar-refractivity contribution in [3.8, 4) is 0 Å². The average Bonchev–Trinajstić information content (AvgIpc) is 2.38. The lowest BCUT2D eigenvalue weighted by molar-refractivity contribution is 0.0702. The van der Waals surface area contributed by atoms with E-state index in [2.05, 4.69) is 9.21 Å². The van der Waals surface area contributed by atoms with Gasteiger partial charge < -0.3 is 14.4 Å². The topological polar surface area (TPSA) is 24.9 Å². The summed E-state index contributed by atoms with van der Waals surface area (Å²) in [7, 11) is 3.42. The van der Waals surface area contributed by atoms with Gasteiger partial charge in [0, 0.05) is 26.2 Å². The van der Waals surface area contributed by atoms with Gasteiger partial charge in [-0.2, -0.15) is 0 Å². The number of hydrogen-bond donors (Lipinski definition) is 0. The maximum absolute atomic E-state index is 5.40. The molecule has 2 rings (SSSR count). The van der Waals surface area contributed by atoms with Crippen molar-refractivity contribution in [1.29, 1.82) is 0 Å². The molecule has 4 nitrogen and oxygen atoms in total. The van der Waals surface area contributed by atoms with E-state index >= 15 is 0 Å². The molecule has 0 amide bonds. The van der Waals surface area contributed by atoms with Gasteiger partial charge in [0.15, 0.2) is 0 Å². The SMILES string of the molecule is S=C(SSN1CCOCC1)N1CCOCC1. The zero-order valence-electron chi connectivity index (χ0n) is 9.09. The maximum Gasteiger partial charge on any atom is 0.148 e. The zero-order valence-corrected chi connectivity index (χ0v) is 11.5. The summed E-state index contributed by atoms with van der Waals surface area (Å²) < 4.78 is 13.9. The first-order valence-corrected chi connectivity index (χ1v) is 7.92. The van der Waals surface area contributed by atoms with Gasteiger partial charge in [-0.1, -0.05) is 12.2 Å². The number of rotatable bonds is 2. The maximum atomic E-state index is 5.40. The molecule has 16 heavy (non-hydrogen) atoms. The first kappa shape index (κ1) is 12.9. The van der Waals surface area contributed by atoms with Crippen molar-refractivity contribution >= 4 is 38.3 Å². The number of morpholine rings is 2. The second-order valence-corrected chi connectivity index (χ2v) is 6.38. The third-order valence-electron chi connectivity index (χ3n) is 2.45. The van der Waals surface area contributed by atoms with Crippen LogP contribution in [0.3, 0.4) is 0 Å². The van der Waals surface area contributed by atoms with Crippen molar-refractivity contribution < 1.29 is 9.47 Å². The molecule has 0 aromatic carbocycles. The molecule has 2 heterocycles. The van der Waals surface area contributed by atoms with E-state index in [1.54, 1.807) is 21.8 Å². The van der Waals surface area contributed by atoms with Crippen LogP contribution in [0.5, 0.6) is 0 Å². The first-order chi connectivity index (χ1) is 7.86. The van der Waals surface area contributed by atoms with Crippen molar-refractivity contribution in [2.45, 2.75) is 0 Å². The molecule has 92 valence electrons. The smallest absolute Gasteiger partial charge is 0.148 e. The van der Waals surface area contributed by atoms with E-state index in [1.165, 1.54) is 0 Å². The standard InChI is InChI=1S/C9H16N2O2S3/c14-9(10-1-5-12-6-2-10)15-16-11-3-7-13-8-4-11/h1-8H2. The van der Waals surface area contributed by atoms with Gasteiger partial charge in [0.1, 0.15) is 4.32 Å². The lowest BCUT2D eigenvalue weighted by Crippen LogP contribution is -2.38. The van der Waals surface area contributed by atoms with Crippen LogP contribution in [0.15, 0.2) is 0 Å². The van der Waals surface area contributed by atoms with Crippen LogP contribution in [-0.2, 0) is 9.47 Å². The van der Waals surface area contributed by atoms with Gasteiger partial charge in [0.05, 0.1) is 26.4 Å². The van der Waals surface area contributed by atoms with E-state index in [1.807, 2.05) is 0 Å². The molecule has 0 unspecified atom stereocenters. The molecule has 0 spiro atoms. The van der Waals surface area contributed by atoms with E-state index in [9.17, 15) is 0 Å². The second kappa shape index (κ2) is 7.03. The highest BCUT2D eigenvalue weighted by Gasteiger charge is 2.17. The minimum Gasteiger partial charge on any atom is -0.379 e. The molecule has 2 saturated heterocycles. The normalized spacial score (nSPS) is 23.4. The van der Waals surface area contributed by atoms with Crippen molar-refractivity contribution in [3.63, 3.8) is 0 Å². The molecular weight excluding hydrogens is 264 g/mol. The highest BCUT2D eigenvalue weighted by atomic mass is 33.1. The lowest BCUT2D eigenvalue weighted by Gasteiger charge is -2.30. The molecular formula is C9H16N2O2S3. The van der Waals surface area contributed by atoms with Gasteiger partial charge in [0.25, 0.3) is 0 Å². The summed E-state index contributed by atoms with van der Waals surface area (Å²) in [4.78, 5) is 2.22. The molecule has 0 aromatic heterocycles. The van der Waals surface area contributed by atoms with E-state index in [4.69, 9.17) is 21.7 Å². The van der Waals surface area contributed by atoms with Gasteiger partial charge in [-0.25, -0.2) is 4.31 Å². The van der Waals surface area contributed by atoms with Crippen LogP contribution in [0.2, 0.25) is 0 Å². The highest BCUT2D eigenvalue weighted by Crippen LogP contribution is 2.29. The molecule has 0 radical (unpaired) electrons. The van der Waals surface area contributed by atoms with E-state index in [0.29, 0.717) is 0 Å². The minimum atomic E-state index is 0.795. The number of nitrogens with zero attached hydrogens (tertiary/aromatic N) is 2. The van der Waals surface area contributed by atoms with Crippen molar-refractivity contribution in [2.75, 3.05) is 52.6 Å². The van der Waals surface area contributed by atoms with Crippen molar-refractivity contribution in [2.24, 2.45) is 0 Å². The number of thiocarbonyl (C=S) groups is 1. The second-order valence-electron chi connectivity index (χ2n) is 3.56. The van der Waals surface area contributed by atoms with Crippen LogP contribution in [-0.4, -0.2) is 66.1 Å². The quantitative estimate of drug-likeness (QED) is 0.426. The lowest BCUT2D eigenvalue weighted by atomic mass is 10.5. The Hall–Kier alpha value is 0.470. The molecule has 0 aromatic rings. The van der Waals surface area contributed by atoms with E-state index < -0.39 is 0 Å². The molecule has 0 N–H and O–H groups in total. The average molecular weight is 280 g/mol. The predicted molar refractivity (Wildman–Crippen MR) is 72.6 cm³/mol. The van der Waals surface area contributed by atoms with Crippen LogP contribution in [0.25, 0.3) is 0 Å². The van der Waals surface area contributed by atoms with Crippen LogP contribution >= 0.6 is 34.0 Å². The van der Waals surface area contributed by atoms with Crippen molar-refractivity contribution in [1.82, 2.24) is 9.21 Å². The summed E-state index contributed by atoms with van der Waals surface area (Å²) >= 11 is 5.40. The third kappa shape index (κ3) is 4.05. The summed E-state index contributed by atoms with van der Waals surface area (Å²) in [5, 5.41) is 0. The van der Waals surface area contributed by atoms with Gasteiger partial charge in [-0.05, 0) is 21.8 Å². The Balaban J connectivity index is 1.65. The Morgan fingerprint density at radius 2 is 1.50 bits per heavy atom. The molecule has 7 heteroatoms. The zero-order chi connectivity index (χ0) is 11.2.